The van der Waals surface area contributed by atoms with Crippen molar-refractivity contribution in [2.45, 2.75) is 131 Å². The molecule has 0 spiro atoms. The van der Waals surface area contributed by atoms with Crippen LogP contribution >= 0.6 is 8.53 Å². The predicted molar refractivity (Wildman–Crippen MR) is 220 cm³/mol. The maximum absolute atomic E-state index is 6.89. The molecule has 7 nitrogen and oxygen atoms in total. The third-order valence-corrected chi connectivity index (χ3v) is 12.9. The molecule has 0 fully saturated rings. The topological polar surface area (TPSA) is 46.4 Å². The zero-order chi connectivity index (χ0) is 37.1. The molecule has 8 heteroatoms. The van der Waals surface area contributed by atoms with Crippen LogP contribution in [0, 0.1) is 7.43 Å². The molecule has 0 amide bonds. The van der Waals surface area contributed by atoms with E-state index in [4.69, 9.17) is 13.8 Å². The molecule has 5 aliphatic rings. The SMILES string of the molecule is CC1(C)C2=C3C=C4C5=[N+](CCC4OC3CCN2c2ccccc21)c1ccccc1C5(C)C.CCCOP(OCC)N(C(C)C)C(C)C.CCOC.[CH3-]. The fraction of sp³-hybridized carbons (Fsp3) is 0.591. The van der Waals surface area contributed by atoms with Crippen molar-refractivity contribution in [1.82, 2.24) is 4.67 Å². The standard InChI is InChI=1S/C29H31N2O.C11H26NO2P.C3H8O.CH3/c1-28(2)20-9-5-7-11-22(20)30-15-13-24-18(26(28)30)17-19-25(32-24)14-16-31-23-12-8-6-10-21(23)29(3,4)27(19)31;1-7-9-14-15(13-8-2)12(10(3)4)11(5)6;1-3-4-2;/h5-12,17,24-25H,13-16H2,1-4H3;10-11H,7-9H2,1-6H3;3H2,1-2H3;1H3/q+1;;;-1. The Kier molecular flexibility index (Phi) is 14.5. The van der Waals surface area contributed by atoms with E-state index in [1.807, 2.05) is 13.8 Å². The van der Waals surface area contributed by atoms with Gasteiger partial charge in [0.25, 0.3) is 8.53 Å². The van der Waals surface area contributed by atoms with E-state index >= 15 is 0 Å². The van der Waals surface area contributed by atoms with Crippen LogP contribution in [0.25, 0.3) is 0 Å². The summed E-state index contributed by atoms with van der Waals surface area (Å²) in [5.74, 6) is 0. The number of rotatable bonds is 9. The molecule has 0 N–H and O–H groups in total. The van der Waals surface area contributed by atoms with Gasteiger partial charge in [-0.05, 0) is 85.9 Å². The first-order chi connectivity index (χ1) is 24.3. The maximum atomic E-state index is 6.89. The Bertz CT molecular complexity index is 1600. The molecule has 5 heterocycles. The molecule has 2 aromatic carbocycles. The van der Waals surface area contributed by atoms with Gasteiger partial charge in [-0.1, -0.05) is 57.2 Å². The van der Waals surface area contributed by atoms with Crippen LogP contribution in [-0.2, 0) is 29.4 Å². The Morgan fingerprint density at radius 1 is 0.865 bits per heavy atom. The fourth-order valence-corrected chi connectivity index (χ4v) is 10.3. The number of fused-ring (bicyclic) bond motifs is 8. The van der Waals surface area contributed by atoms with Crippen molar-refractivity contribution in [3.63, 3.8) is 0 Å². The van der Waals surface area contributed by atoms with Gasteiger partial charge in [0.05, 0.1) is 30.8 Å². The fourth-order valence-electron chi connectivity index (χ4n) is 8.65. The lowest BCUT2D eigenvalue weighted by Crippen LogP contribution is -2.47. The number of benzene rings is 2. The first-order valence-electron chi connectivity index (χ1n) is 19.4. The molecule has 2 aromatic rings. The minimum Gasteiger partial charge on any atom is -0.385 e. The van der Waals surface area contributed by atoms with Gasteiger partial charge in [0.2, 0.25) is 5.69 Å². The van der Waals surface area contributed by atoms with E-state index in [0.717, 1.165) is 45.6 Å². The quantitative estimate of drug-likeness (QED) is 0.145. The van der Waals surface area contributed by atoms with Crippen molar-refractivity contribution in [2.24, 2.45) is 0 Å². The lowest BCUT2D eigenvalue weighted by atomic mass is 9.74. The van der Waals surface area contributed by atoms with Crippen molar-refractivity contribution >= 4 is 25.6 Å². The molecule has 0 radical (unpaired) electrons. The highest BCUT2D eigenvalue weighted by Gasteiger charge is 2.54. The minimum absolute atomic E-state index is 0. The Morgan fingerprint density at radius 3 is 2.12 bits per heavy atom. The van der Waals surface area contributed by atoms with Crippen LogP contribution in [0.4, 0.5) is 11.4 Å². The molecule has 0 saturated heterocycles. The zero-order valence-electron chi connectivity index (χ0n) is 34.6. The van der Waals surface area contributed by atoms with Crippen molar-refractivity contribution in [3.8, 4) is 0 Å². The van der Waals surface area contributed by atoms with Gasteiger partial charge in [-0.2, -0.15) is 4.58 Å². The number of hydrogen-bond acceptors (Lipinski definition) is 6. The largest absolute Gasteiger partial charge is 0.385 e. The summed E-state index contributed by atoms with van der Waals surface area (Å²) in [7, 11) is 0.805. The third-order valence-electron chi connectivity index (χ3n) is 10.8. The van der Waals surface area contributed by atoms with Gasteiger partial charge in [-0.15, -0.1) is 0 Å². The van der Waals surface area contributed by atoms with Crippen LogP contribution in [0.5, 0.6) is 0 Å². The molecule has 0 bridgehead atoms. The number of hydrogen-bond donors (Lipinski definition) is 0. The Hall–Kier alpha value is -2.38. The Labute approximate surface area is 318 Å². The van der Waals surface area contributed by atoms with Crippen molar-refractivity contribution < 1.29 is 23.1 Å². The first kappa shape index (κ1) is 42.4. The van der Waals surface area contributed by atoms with Gasteiger partial charge in [0, 0.05) is 78.3 Å². The highest BCUT2D eigenvalue weighted by atomic mass is 31.2. The van der Waals surface area contributed by atoms with E-state index in [0.29, 0.717) is 18.7 Å². The summed E-state index contributed by atoms with van der Waals surface area (Å²) in [5, 5.41) is 0. The number of ether oxygens (including phenoxy) is 2. The molecule has 3 atom stereocenters. The molecular weight excluding hydrogens is 665 g/mol. The van der Waals surface area contributed by atoms with Crippen molar-refractivity contribution in [1.29, 1.82) is 0 Å². The molecule has 0 saturated carbocycles. The minimum atomic E-state index is -0.876. The molecule has 0 aliphatic carbocycles. The van der Waals surface area contributed by atoms with Crippen LogP contribution in [0.3, 0.4) is 0 Å². The Balaban J connectivity index is 0.000000257. The van der Waals surface area contributed by atoms with Crippen LogP contribution < -0.4 is 4.90 Å². The highest BCUT2D eigenvalue weighted by Crippen LogP contribution is 2.54. The lowest BCUT2D eigenvalue weighted by Gasteiger charge is -2.42. The van der Waals surface area contributed by atoms with Crippen LogP contribution in [0.1, 0.15) is 107 Å². The zero-order valence-corrected chi connectivity index (χ0v) is 35.5. The van der Waals surface area contributed by atoms with E-state index in [1.54, 1.807) is 7.11 Å². The van der Waals surface area contributed by atoms with E-state index in [2.05, 4.69) is 136 Å². The lowest BCUT2D eigenvalue weighted by molar-refractivity contribution is -0.445. The summed E-state index contributed by atoms with van der Waals surface area (Å²) in [6, 6.07) is 18.8. The number of anilines is 1. The molecule has 0 aromatic heterocycles. The first-order valence-corrected chi connectivity index (χ1v) is 20.5. The summed E-state index contributed by atoms with van der Waals surface area (Å²) in [6.45, 7) is 28.8. The molecule has 288 valence electrons. The van der Waals surface area contributed by atoms with Crippen molar-refractivity contribution in [2.75, 3.05) is 44.9 Å². The summed E-state index contributed by atoms with van der Waals surface area (Å²) >= 11 is 0. The van der Waals surface area contributed by atoms with Crippen LogP contribution in [-0.4, -0.2) is 79.3 Å². The molecule has 5 aliphatic heterocycles. The van der Waals surface area contributed by atoms with Gasteiger partial charge < -0.3 is 30.8 Å². The molecular formula is C44H68N3O4P. The number of allylic oxidation sites excluding steroid dienone is 1. The van der Waals surface area contributed by atoms with Crippen molar-refractivity contribution in [3.05, 3.63) is 90.0 Å². The summed E-state index contributed by atoms with van der Waals surface area (Å²) in [4.78, 5) is 2.57. The second-order valence-corrected chi connectivity index (χ2v) is 17.1. The second-order valence-electron chi connectivity index (χ2n) is 15.7. The number of methoxy groups -OCH3 is 1. The second kappa shape index (κ2) is 17.8. The van der Waals surface area contributed by atoms with Gasteiger partial charge in [0.15, 0.2) is 12.3 Å². The van der Waals surface area contributed by atoms with Gasteiger partial charge in [-0.3, -0.25) is 0 Å². The van der Waals surface area contributed by atoms with E-state index in [9.17, 15) is 0 Å². The normalized spacial score (nSPS) is 22.1. The monoisotopic (exact) mass is 733 g/mol. The van der Waals surface area contributed by atoms with E-state index < -0.39 is 8.53 Å². The van der Waals surface area contributed by atoms with E-state index in [-0.39, 0.29) is 30.5 Å². The maximum Gasteiger partial charge on any atom is 0.259 e. The Morgan fingerprint density at radius 2 is 1.50 bits per heavy atom. The summed E-state index contributed by atoms with van der Waals surface area (Å²) in [6.07, 6.45) is 6.13. The molecule has 3 unspecified atom stereocenters. The third kappa shape index (κ3) is 8.02. The predicted octanol–water partition coefficient (Wildman–Crippen LogP) is 10.5. The van der Waals surface area contributed by atoms with Gasteiger partial charge in [-0.25, -0.2) is 4.67 Å². The number of para-hydroxylation sites is 2. The van der Waals surface area contributed by atoms with E-state index in [1.165, 1.54) is 45.1 Å². The molecule has 7 rings (SSSR count). The highest BCUT2D eigenvalue weighted by molar-refractivity contribution is 7.44. The summed E-state index contributed by atoms with van der Waals surface area (Å²) < 4.78 is 27.8. The van der Waals surface area contributed by atoms with Crippen LogP contribution in [0.2, 0.25) is 0 Å². The van der Waals surface area contributed by atoms with Crippen LogP contribution in [0.15, 0.2) is 71.5 Å². The number of nitrogens with zero attached hydrogens (tertiary/aromatic N) is 3. The average molecular weight is 734 g/mol. The molecule has 52 heavy (non-hydrogen) atoms. The average Bonchev–Trinajstić information content (AvgIpc) is 3.50. The van der Waals surface area contributed by atoms with Gasteiger partial charge in [0.1, 0.15) is 0 Å². The smallest absolute Gasteiger partial charge is 0.259 e. The van der Waals surface area contributed by atoms with Gasteiger partial charge >= 0.3 is 0 Å². The summed E-state index contributed by atoms with van der Waals surface area (Å²) in [5.41, 5.74) is 11.3.